The van der Waals surface area contributed by atoms with E-state index in [0.717, 1.165) is 31.5 Å². The number of piperidine rings is 1. The molecule has 1 aliphatic heterocycles. The molecule has 0 amide bonds. The van der Waals surface area contributed by atoms with Crippen LogP contribution in [0.3, 0.4) is 0 Å². The smallest absolute Gasteiger partial charge is 0.115 e. The molecule has 0 radical (unpaired) electrons. The van der Waals surface area contributed by atoms with Crippen molar-refractivity contribution in [1.29, 1.82) is 0 Å². The number of nitrogens with zero attached hydrogens (tertiary/aromatic N) is 1. The number of nitrogens with two attached hydrogens (primary N) is 1. The molecule has 3 N–H and O–H groups in total. The molecule has 1 aromatic carbocycles. The molecule has 1 aliphatic carbocycles. The molecular formula is C12H16N2O. The summed E-state index contributed by atoms with van der Waals surface area (Å²) in [5.41, 5.74) is 7.15. The summed E-state index contributed by atoms with van der Waals surface area (Å²) < 4.78 is 0. The van der Waals surface area contributed by atoms with Crippen LogP contribution in [0, 0.1) is 11.8 Å². The lowest BCUT2D eigenvalue weighted by Gasteiger charge is -2.18. The van der Waals surface area contributed by atoms with Crippen molar-refractivity contribution in [2.24, 2.45) is 17.6 Å². The van der Waals surface area contributed by atoms with Crippen molar-refractivity contribution >= 4 is 0 Å². The first kappa shape index (κ1) is 9.19. The van der Waals surface area contributed by atoms with Crippen molar-refractivity contribution in [3.8, 4) is 5.75 Å². The van der Waals surface area contributed by atoms with E-state index in [9.17, 15) is 5.11 Å². The van der Waals surface area contributed by atoms with E-state index in [2.05, 4.69) is 4.90 Å². The Bertz CT molecular complexity index is 350. The zero-order chi connectivity index (χ0) is 10.4. The fourth-order valence-corrected chi connectivity index (χ4v) is 2.65. The van der Waals surface area contributed by atoms with Gasteiger partial charge in [0, 0.05) is 25.7 Å². The molecule has 1 heterocycles. The minimum absolute atomic E-state index is 0.338. The Kier molecular flexibility index (Phi) is 1.97. The molecule has 2 fully saturated rings. The van der Waals surface area contributed by atoms with E-state index in [1.807, 2.05) is 12.1 Å². The van der Waals surface area contributed by atoms with Crippen LogP contribution in [0.4, 0.5) is 0 Å². The summed E-state index contributed by atoms with van der Waals surface area (Å²) in [6.45, 7) is 3.28. The molecule has 1 aromatic rings. The van der Waals surface area contributed by atoms with Crippen molar-refractivity contribution in [3.05, 3.63) is 29.8 Å². The minimum atomic E-state index is 0.338. The number of hydrogen-bond donors (Lipinski definition) is 2. The lowest BCUT2D eigenvalue weighted by Crippen LogP contribution is -2.27. The molecule has 2 unspecified atom stereocenters. The van der Waals surface area contributed by atoms with E-state index in [4.69, 9.17) is 5.73 Å². The first-order valence-electron chi connectivity index (χ1n) is 5.50. The van der Waals surface area contributed by atoms with Crippen molar-refractivity contribution in [3.63, 3.8) is 0 Å². The topological polar surface area (TPSA) is 49.5 Å². The molecule has 15 heavy (non-hydrogen) atoms. The van der Waals surface area contributed by atoms with E-state index >= 15 is 0 Å². The van der Waals surface area contributed by atoms with Gasteiger partial charge in [0.15, 0.2) is 0 Å². The van der Waals surface area contributed by atoms with Gasteiger partial charge in [-0.05, 0) is 29.5 Å². The molecule has 3 rings (SSSR count). The Hall–Kier alpha value is -1.06. The number of benzene rings is 1. The highest BCUT2D eigenvalue weighted by molar-refractivity contribution is 5.26. The molecule has 2 atom stereocenters. The second kappa shape index (κ2) is 3.22. The summed E-state index contributed by atoms with van der Waals surface area (Å²) in [6.07, 6.45) is 0. The first-order chi connectivity index (χ1) is 7.24. The standard InChI is InChI=1S/C12H16N2O/c13-12-10-6-14(7-11(10)12)5-8-1-3-9(15)4-2-8/h1-4,10-12,15H,5-7,13H2. The molecule has 0 bridgehead atoms. The Balaban J connectivity index is 1.60. The fourth-order valence-electron chi connectivity index (χ4n) is 2.65. The summed E-state index contributed by atoms with van der Waals surface area (Å²) in [5.74, 6) is 1.84. The molecule has 3 nitrogen and oxygen atoms in total. The molecule has 1 saturated heterocycles. The van der Waals surface area contributed by atoms with E-state index in [0.29, 0.717) is 11.8 Å². The normalized spacial score (nSPS) is 34.1. The van der Waals surface area contributed by atoms with E-state index in [1.165, 1.54) is 5.56 Å². The molecule has 0 spiro atoms. The average Bonchev–Trinajstić information content (AvgIpc) is 2.66. The van der Waals surface area contributed by atoms with Crippen LogP contribution in [-0.4, -0.2) is 29.1 Å². The van der Waals surface area contributed by atoms with Crippen molar-refractivity contribution in [1.82, 2.24) is 4.90 Å². The van der Waals surface area contributed by atoms with Gasteiger partial charge in [0.05, 0.1) is 0 Å². The van der Waals surface area contributed by atoms with Gasteiger partial charge in [-0.25, -0.2) is 0 Å². The molecule has 2 aliphatic rings. The summed E-state index contributed by atoms with van der Waals surface area (Å²) in [4.78, 5) is 2.45. The number of phenolic OH excluding ortho intramolecular Hbond substituents is 1. The van der Waals surface area contributed by atoms with Crippen LogP contribution in [0.2, 0.25) is 0 Å². The van der Waals surface area contributed by atoms with Crippen LogP contribution in [0.25, 0.3) is 0 Å². The SMILES string of the molecule is NC1C2CN(Cc3ccc(O)cc3)CC12. The number of aromatic hydroxyl groups is 1. The first-order valence-corrected chi connectivity index (χ1v) is 5.50. The highest BCUT2D eigenvalue weighted by atomic mass is 16.3. The third-order valence-electron chi connectivity index (χ3n) is 3.68. The van der Waals surface area contributed by atoms with E-state index in [-0.39, 0.29) is 0 Å². The molecule has 1 saturated carbocycles. The van der Waals surface area contributed by atoms with Crippen LogP contribution < -0.4 is 5.73 Å². The molecular weight excluding hydrogens is 188 g/mol. The zero-order valence-electron chi connectivity index (χ0n) is 8.63. The summed E-state index contributed by atoms with van der Waals surface area (Å²) >= 11 is 0. The maximum Gasteiger partial charge on any atom is 0.115 e. The highest BCUT2D eigenvalue weighted by Gasteiger charge is 2.53. The Labute approximate surface area is 89.5 Å². The summed E-state index contributed by atoms with van der Waals surface area (Å²) in [5, 5.41) is 9.17. The number of fused-ring (bicyclic) bond motifs is 1. The summed E-state index contributed by atoms with van der Waals surface area (Å²) in [6, 6.07) is 7.94. The predicted molar refractivity (Wildman–Crippen MR) is 58.3 cm³/mol. The van der Waals surface area contributed by atoms with Crippen LogP contribution in [-0.2, 0) is 6.54 Å². The Morgan fingerprint density at radius 2 is 1.80 bits per heavy atom. The summed E-state index contributed by atoms with van der Waals surface area (Å²) in [7, 11) is 0. The third-order valence-corrected chi connectivity index (χ3v) is 3.68. The second-order valence-electron chi connectivity index (χ2n) is 4.77. The van der Waals surface area contributed by atoms with Gasteiger partial charge in [-0.2, -0.15) is 0 Å². The lowest BCUT2D eigenvalue weighted by molar-refractivity contribution is 0.290. The predicted octanol–water partition coefficient (Wildman–Crippen LogP) is 0.781. The van der Waals surface area contributed by atoms with Crippen molar-refractivity contribution < 1.29 is 5.11 Å². The monoisotopic (exact) mass is 204 g/mol. The number of likely N-dealkylation sites (tertiary alicyclic amines) is 1. The number of phenols is 1. The van der Waals surface area contributed by atoms with Crippen LogP contribution >= 0.6 is 0 Å². The van der Waals surface area contributed by atoms with Crippen LogP contribution in [0.5, 0.6) is 5.75 Å². The largest absolute Gasteiger partial charge is 0.508 e. The van der Waals surface area contributed by atoms with Crippen molar-refractivity contribution in [2.75, 3.05) is 13.1 Å². The Morgan fingerprint density at radius 3 is 2.40 bits per heavy atom. The van der Waals surface area contributed by atoms with Gasteiger partial charge in [0.1, 0.15) is 5.75 Å². The number of rotatable bonds is 2. The van der Waals surface area contributed by atoms with Crippen LogP contribution in [0.1, 0.15) is 5.56 Å². The third kappa shape index (κ3) is 1.62. The maximum absolute atomic E-state index is 9.17. The van der Waals surface area contributed by atoms with Crippen LogP contribution in [0.15, 0.2) is 24.3 Å². The lowest BCUT2D eigenvalue weighted by atomic mass is 10.2. The van der Waals surface area contributed by atoms with Gasteiger partial charge in [-0.15, -0.1) is 0 Å². The quantitative estimate of drug-likeness (QED) is 0.748. The molecule has 3 heteroatoms. The molecule has 0 aromatic heterocycles. The van der Waals surface area contributed by atoms with Crippen molar-refractivity contribution in [2.45, 2.75) is 12.6 Å². The molecule has 80 valence electrons. The van der Waals surface area contributed by atoms with E-state index in [1.54, 1.807) is 12.1 Å². The van der Waals surface area contributed by atoms with Gasteiger partial charge in [0.25, 0.3) is 0 Å². The highest BCUT2D eigenvalue weighted by Crippen LogP contribution is 2.44. The fraction of sp³-hybridized carbons (Fsp3) is 0.500. The minimum Gasteiger partial charge on any atom is -0.508 e. The second-order valence-corrected chi connectivity index (χ2v) is 4.77. The van der Waals surface area contributed by atoms with Gasteiger partial charge in [-0.3, -0.25) is 4.90 Å². The van der Waals surface area contributed by atoms with Gasteiger partial charge < -0.3 is 10.8 Å². The zero-order valence-corrected chi connectivity index (χ0v) is 8.63. The number of hydrogen-bond acceptors (Lipinski definition) is 3. The van der Waals surface area contributed by atoms with Gasteiger partial charge in [-0.1, -0.05) is 12.1 Å². The van der Waals surface area contributed by atoms with Gasteiger partial charge >= 0.3 is 0 Å². The maximum atomic E-state index is 9.17. The van der Waals surface area contributed by atoms with Gasteiger partial charge in [0.2, 0.25) is 0 Å². The van der Waals surface area contributed by atoms with E-state index < -0.39 is 0 Å². The Morgan fingerprint density at radius 1 is 1.20 bits per heavy atom. The average molecular weight is 204 g/mol.